The molecule has 3 heterocycles. The summed E-state index contributed by atoms with van der Waals surface area (Å²) >= 11 is 6.84. The van der Waals surface area contributed by atoms with Gasteiger partial charge in [-0.1, -0.05) is 63.0 Å². The first-order valence-corrected chi connectivity index (χ1v) is 13.3. The van der Waals surface area contributed by atoms with E-state index in [1.165, 1.54) is 24.6 Å². The zero-order valence-corrected chi connectivity index (χ0v) is 21.6. The van der Waals surface area contributed by atoms with E-state index < -0.39 is 0 Å². The molecule has 1 aromatic heterocycles. The van der Waals surface area contributed by atoms with Crippen molar-refractivity contribution in [2.75, 3.05) is 24.5 Å². The number of amides is 1. The largest absolute Gasteiger partial charge is 0.357 e. The van der Waals surface area contributed by atoms with Gasteiger partial charge in [-0.2, -0.15) is 5.26 Å². The van der Waals surface area contributed by atoms with Crippen molar-refractivity contribution in [2.45, 2.75) is 78.7 Å². The number of thioether (sulfide) groups is 1. The number of carbonyl (C=O) groups is 1. The van der Waals surface area contributed by atoms with Gasteiger partial charge in [-0.05, 0) is 44.7 Å². The Balaban J connectivity index is 2.07. The van der Waals surface area contributed by atoms with Gasteiger partial charge in [0.25, 0.3) is 11.5 Å². The van der Waals surface area contributed by atoms with Crippen LogP contribution in [-0.4, -0.2) is 39.3 Å². The molecule has 0 spiro atoms. The summed E-state index contributed by atoms with van der Waals surface area (Å²) < 4.78 is 2.29. The van der Waals surface area contributed by atoms with Gasteiger partial charge in [-0.15, -0.1) is 0 Å². The Kier molecular flexibility index (Phi) is 9.16. The third kappa shape index (κ3) is 5.52. The number of anilines is 1. The molecule has 0 radical (unpaired) electrons. The van der Waals surface area contributed by atoms with Gasteiger partial charge < -0.3 is 4.90 Å². The Morgan fingerprint density at radius 1 is 1.09 bits per heavy atom. The molecule has 0 atom stereocenters. The van der Waals surface area contributed by atoms with Crippen molar-refractivity contribution in [3.63, 3.8) is 0 Å². The summed E-state index contributed by atoms with van der Waals surface area (Å²) in [5, 5.41) is 9.73. The fourth-order valence-electron chi connectivity index (χ4n) is 4.58. The van der Waals surface area contributed by atoms with Gasteiger partial charge in [0.05, 0.1) is 4.91 Å². The predicted molar refractivity (Wildman–Crippen MR) is 141 cm³/mol. The lowest BCUT2D eigenvalue weighted by Gasteiger charge is -2.29. The molecule has 8 heteroatoms. The molecule has 3 rings (SSSR count). The van der Waals surface area contributed by atoms with Crippen molar-refractivity contribution in [2.24, 2.45) is 0 Å². The van der Waals surface area contributed by atoms with Crippen LogP contribution in [0.4, 0.5) is 5.82 Å². The fourth-order valence-corrected chi connectivity index (χ4v) is 5.87. The zero-order valence-electron chi connectivity index (χ0n) is 20.0. The first kappa shape index (κ1) is 25.5. The quantitative estimate of drug-likeness (QED) is 0.285. The number of rotatable bonds is 8. The average molecular weight is 487 g/mol. The highest BCUT2D eigenvalue weighted by molar-refractivity contribution is 8.26. The van der Waals surface area contributed by atoms with E-state index in [0.717, 1.165) is 63.0 Å². The molecule has 2 fully saturated rings. The molecule has 0 N–H and O–H groups in total. The maximum absolute atomic E-state index is 13.2. The van der Waals surface area contributed by atoms with Crippen LogP contribution in [0.2, 0.25) is 0 Å². The first-order chi connectivity index (χ1) is 15.9. The number of pyridine rings is 1. The summed E-state index contributed by atoms with van der Waals surface area (Å²) in [4.78, 5) is 30.9. The number of hydrogen-bond acceptors (Lipinski definition) is 6. The molecule has 0 saturated carbocycles. The van der Waals surface area contributed by atoms with Crippen LogP contribution in [-0.2, 0) is 11.3 Å². The number of thiocarbonyl (C=S) groups is 1. The molecule has 6 nitrogen and oxygen atoms in total. The third-order valence-corrected chi connectivity index (χ3v) is 7.83. The summed E-state index contributed by atoms with van der Waals surface area (Å²) in [6, 6.07) is 2.11. The Bertz CT molecular complexity index is 1030. The second-order valence-corrected chi connectivity index (χ2v) is 10.4. The van der Waals surface area contributed by atoms with Crippen molar-refractivity contribution < 1.29 is 4.79 Å². The Morgan fingerprint density at radius 2 is 1.79 bits per heavy atom. The standard InChI is InChI=1S/C25H34N4O2S2/c1-4-6-7-12-15-29-24(31)21(33-25(29)32)16-19-18(3)20(17-26)23(30)28(5-2)22(19)27-13-10-8-9-11-14-27/h16H,4-15H2,1-3H3/b21-16+. The Morgan fingerprint density at radius 3 is 2.39 bits per heavy atom. The summed E-state index contributed by atoms with van der Waals surface area (Å²) in [5.74, 6) is 0.754. The molecule has 1 amide bonds. The van der Waals surface area contributed by atoms with Crippen LogP contribution in [0, 0.1) is 18.3 Å². The topological polar surface area (TPSA) is 69.3 Å². The Hall–Kier alpha value is -2.11. The minimum atomic E-state index is -0.252. The van der Waals surface area contributed by atoms with E-state index in [1.54, 1.807) is 9.47 Å². The maximum Gasteiger partial charge on any atom is 0.270 e. The molecule has 2 aliphatic rings. The monoisotopic (exact) mass is 486 g/mol. The third-order valence-electron chi connectivity index (χ3n) is 6.45. The second kappa shape index (κ2) is 11.8. The number of unbranched alkanes of at least 4 members (excludes halogenated alkanes) is 3. The minimum Gasteiger partial charge on any atom is -0.357 e. The molecular weight excluding hydrogens is 452 g/mol. The highest BCUT2D eigenvalue weighted by Crippen LogP contribution is 2.36. The summed E-state index contributed by atoms with van der Waals surface area (Å²) in [6.07, 6.45) is 10.7. The van der Waals surface area contributed by atoms with Gasteiger partial charge in [-0.3, -0.25) is 19.1 Å². The molecule has 0 aromatic carbocycles. The molecule has 1 aromatic rings. The average Bonchev–Trinajstić information content (AvgIpc) is 2.97. The summed E-state index contributed by atoms with van der Waals surface area (Å²) in [5.41, 5.74) is 1.33. The van der Waals surface area contributed by atoms with Gasteiger partial charge in [0, 0.05) is 31.7 Å². The van der Waals surface area contributed by atoms with Gasteiger partial charge in [0.1, 0.15) is 21.8 Å². The second-order valence-electron chi connectivity index (χ2n) is 8.69. The molecule has 2 aliphatic heterocycles. The van der Waals surface area contributed by atoms with E-state index in [2.05, 4.69) is 17.9 Å². The molecule has 2 saturated heterocycles. The van der Waals surface area contributed by atoms with E-state index >= 15 is 0 Å². The molecular formula is C25H34N4O2S2. The van der Waals surface area contributed by atoms with Crippen molar-refractivity contribution in [1.29, 1.82) is 5.26 Å². The fraction of sp³-hybridized carbons (Fsp3) is 0.600. The van der Waals surface area contributed by atoms with Crippen LogP contribution in [0.3, 0.4) is 0 Å². The Labute approximate surface area is 206 Å². The zero-order chi connectivity index (χ0) is 24.0. The number of carbonyl (C=O) groups excluding carboxylic acids is 1. The van der Waals surface area contributed by atoms with E-state index in [1.807, 2.05) is 19.9 Å². The van der Waals surface area contributed by atoms with Crippen LogP contribution in [0.1, 0.15) is 81.9 Å². The highest BCUT2D eigenvalue weighted by atomic mass is 32.2. The van der Waals surface area contributed by atoms with Crippen molar-refractivity contribution in [3.05, 3.63) is 31.9 Å². The normalized spacial score (nSPS) is 18.2. The maximum atomic E-state index is 13.2. The number of nitrogens with zero attached hydrogens (tertiary/aromatic N) is 4. The lowest BCUT2D eigenvalue weighted by atomic mass is 10.0. The van der Waals surface area contributed by atoms with Crippen molar-refractivity contribution in [1.82, 2.24) is 9.47 Å². The van der Waals surface area contributed by atoms with E-state index in [-0.39, 0.29) is 17.0 Å². The van der Waals surface area contributed by atoms with Gasteiger partial charge in [0.15, 0.2) is 0 Å². The lowest BCUT2D eigenvalue weighted by molar-refractivity contribution is -0.122. The molecule has 0 aliphatic carbocycles. The van der Waals surface area contributed by atoms with Crippen LogP contribution >= 0.6 is 24.0 Å². The van der Waals surface area contributed by atoms with E-state index in [4.69, 9.17) is 12.2 Å². The molecule has 178 valence electrons. The van der Waals surface area contributed by atoms with Crippen LogP contribution in [0.5, 0.6) is 0 Å². The van der Waals surface area contributed by atoms with E-state index in [0.29, 0.717) is 27.9 Å². The molecule has 0 bridgehead atoms. The van der Waals surface area contributed by atoms with Crippen LogP contribution < -0.4 is 10.5 Å². The SMILES string of the molecule is CCCCCCN1C(=O)/C(=C\c2c(C)c(C#N)c(=O)n(CC)c2N2CCCCCC2)SC1=S. The predicted octanol–water partition coefficient (Wildman–Crippen LogP) is 5.21. The molecule has 33 heavy (non-hydrogen) atoms. The van der Waals surface area contributed by atoms with Crippen LogP contribution in [0.15, 0.2) is 9.70 Å². The lowest BCUT2D eigenvalue weighted by Crippen LogP contribution is -2.35. The van der Waals surface area contributed by atoms with Gasteiger partial charge >= 0.3 is 0 Å². The van der Waals surface area contributed by atoms with E-state index in [9.17, 15) is 14.9 Å². The van der Waals surface area contributed by atoms with Gasteiger partial charge in [-0.25, -0.2) is 0 Å². The highest BCUT2D eigenvalue weighted by Gasteiger charge is 2.33. The summed E-state index contributed by atoms with van der Waals surface area (Å²) in [6.45, 7) is 8.75. The number of aromatic nitrogens is 1. The number of hydrogen-bond donors (Lipinski definition) is 0. The first-order valence-electron chi connectivity index (χ1n) is 12.1. The van der Waals surface area contributed by atoms with Crippen molar-refractivity contribution >= 4 is 46.1 Å². The number of nitriles is 1. The van der Waals surface area contributed by atoms with Crippen molar-refractivity contribution in [3.8, 4) is 6.07 Å². The minimum absolute atomic E-state index is 0.0736. The smallest absolute Gasteiger partial charge is 0.270 e. The summed E-state index contributed by atoms with van der Waals surface area (Å²) in [7, 11) is 0. The van der Waals surface area contributed by atoms with Gasteiger partial charge in [0.2, 0.25) is 0 Å². The van der Waals surface area contributed by atoms with Crippen LogP contribution in [0.25, 0.3) is 6.08 Å². The molecule has 0 unspecified atom stereocenters.